The molecule has 2 aromatic carbocycles. The van der Waals surface area contributed by atoms with Gasteiger partial charge in [-0.1, -0.05) is 30.3 Å². The SMILES string of the molecule is N#Cc1cccn1CCC(NSc1cccc2[nH]ccc12)C(=O)N1CCc2ccccc2C1. The minimum atomic E-state index is -0.372. The van der Waals surface area contributed by atoms with E-state index in [1.807, 2.05) is 46.1 Å². The largest absolute Gasteiger partial charge is 0.361 e. The molecule has 3 heterocycles. The summed E-state index contributed by atoms with van der Waals surface area (Å²) in [4.78, 5) is 19.9. The molecule has 1 aliphatic heterocycles. The molecule has 5 rings (SSSR count). The third kappa shape index (κ3) is 4.54. The summed E-state index contributed by atoms with van der Waals surface area (Å²) in [5.41, 5.74) is 4.23. The van der Waals surface area contributed by atoms with Crippen LogP contribution < -0.4 is 4.72 Å². The molecular formula is C26H25N5OS. The number of hydrogen-bond donors (Lipinski definition) is 2. The first-order valence-corrected chi connectivity index (χ1v) is 11.9. The standard InChI is InChI=1S/C26H25N5OS/c27-17-21-7-4-14-30(21)16-12-24(29-33-25-9-3-8-23-22(25)10-13-28-23)26(32)31-15-11-19-5-1-2-6-20(19)18-31/h1-10,13-14,24,28-29H,11-12,15-16,18H2. The molecule has 0 spiro atoms. The Morgan fingerprint density at radius 1 is 1.12 bits per heavy atom. The maximum atomic E-state index is 13.6. The minimum Gasteiger partial charge on any atom is -0.361 e. The van der Waals surface area contributed by atoms with Crippen molar-refractivity contribution >= 4 is 28.8 Å². The lowest BCUT2D eigenvalue weighted by Gasteiger charge is -2.32. The molecule has 0 bridgehead atoms. The number of benzene rings is 2. The van der Waals surface area contributed by atoms with Crippen LogP contribution in [0.25, 0.3) is 10.9 Å². The Morgan fingerprint density at radius 2 is 2.00 bits per heavy atom. The fraction of sp³-hybridized carbons (Fsp3) is 0.231. The van der Waals surface area contributed by atoms with Crippen molar-refractivity contribution in [3.63, 3.8) is 0 Å². The van der Waals surface area contributed by atoms with Gasteiger partial charge in [0.15, 0.2) is 0 Å². The highest BCUT2D eigenvalue weighted by molar-refractivity contribution is 7.97. The van der Waals surface area contributed by atoms with Crippen molar-refractivity contribution in [1.82, 2.24) is 19.2 Å². The van der Waals surface area contributed by atoms with Gasteiger partial charge in [-0.3, -0.25) is 4.79 Å². The Morgan fingerprint density at radius 3 is 2.88 bits per heavy atom. The number of aromatic amines is 1. The van der Waals surface area contributed by atoms with E-state index >= 15 is 0 Å². The van der Waals surface area contributed by atoms with Crippen LogP contribution in [0.1, 0.15) is 23.2 Å². The number of hydrogen-bond acceptors (Lipinski definition) is 4. The molecule has 0 aliphatic carbocycles. The van der Waals surface area contributed by atoms with Gasteiger partial charge in [0.2, 0.25) is 5.91 Å². The molecule has 0 saturated heterocycles. The first-order chi connectivity index (χ1) is 16.2. The number of H-pyrrole nitrogens is 1. The molecule has 2 aromatic heterocycles. The quantitative estimate of drug-likeness (QED) is 0.403. The van der Waals surface area contributed by atoms with E-state index in [2.05, 4.69) is 46.1 Å². The van der Waals surface area contributed by atoms with E-state index in [-0.39, 0.29) is 11.9 Å². The minimum absolute atomic E-state index is 0.101. The predicted octanol–water partition coefficient (Wildman–Crippen LogP) is 4.48. The second-order valence-corrected chi connectivity index (χ2v) is 9.11. The van der Waals surface area contributed by atoms with E-state index in [0.29, 0.717) is 25.2 Å². The summed E-state index contributed by atoms with van der Waals surface area (Å²) in [6, 6.07) is 22.0. The normalized spacial score (nSPS) is 14.1. The van der Waals surface area contributed by atoms with Crippen molar-refractivity contribution in [3.8, 4) is 6.07 Å². The smallest absolute Gasteiger partial charge is 0.240 e. The molecule has 7 heteroatoms. The van der Waals surface area contributed by atoms with Crippen molar-refractivity contribution in [2.24, 2.45) is 0 Å². The molecule has 0 saturated carbocycles. The molecule has 166 valence electrons. The van der Waals surface area contributed by atoms with Crippen LogP contribution in [0.3, 0.4) is 0 Å². The number of nitrogens with one attached hydrogen (secondary N) is 2. The molecule has 1 unspecified atom stereocenters. The molecule has 6 nitrogen and oxygen atoms in total. The summed E-state index contributed by atoms with van der Waals surface area (Å²) < 4.78 is 5.36. The van der Waals surface area contributed by atoms with E-state index in [9.17, 15) is 10.1 Å². The number of amides is 1. The second kappa shape index (κ2) is 9.57. The highest BCUT2D eigenvalue weighted by Gasteiger charge is 2.27. The maximum Gasteiger partial charge on any atom is 0.240 e. The predicted molar refractivity (Wildman–Crippen MR) is 130 cm³/mol. The molecule has 2 N–H and O–H groups in total. The average molecular weight is 456 g/mol. The van der Waals surface area contributed by atoms with Crippen molar-refractivity contribution < 1.29 is 4.79 Å². The molecule has 4 aromatic rings. The Hall–Kier alpha value is -3.47. The number of nitrogens with zero attached hydrogens (tertiary/aromatic N) is 3. The van der Waals surface area contributed by atoms with Crippen molar-refractivity contribution in [1.29, 1.82) is 5.26 Å². The number of carbonyl (C=O) groups is 1. The number of nitriles is 1. The topological polar surface area (TPSA) is 76.8 Å². The van der Waals surface area contributed by atoms with Crippen molar-refractivity contribution in [2.45, 2.75) is 36.9 Å². The molecule has 0 fully saturated rings. The number of fused-ring (bicyclic) bond motifs is 2. The van der Waals surface area contributed by atoms with Crippen LogP contribution in [0.2, 0.25) is 0 Å². The average Bonchev–Trinajstić information content (AvgIpc) is 3.53. The van der Waals surface area contributed by atoms with Gasteiger partial charge in [0.25, 0.3) is 0 Å². The Balaban J connectivity index is 1.34. The first-order valence-electron chi connectivity index (χ1n) is 11.1. The van der Waals surface area contributed by atoms with Crippen LogP contribution in [-0.2, 0) is 24.3 Å². The first kappa shape index (κ1) is 21.4. The summed E-state index contributed by atoms with van der Waals surface area (Å²) in [6.07, 6.45) is 5.29. The molecule has 33 heavy (non-hydrogen) atoms. The van der Waals surface area contributed by atoms with Crippen LogP contribution >= 0.6 is 11.9 Å². The summed E-state index contributed by atoms with van der Waals surface area (Å²) in [5, 5.41) is 10.5. The van der Waals surface area contributed by atoms with Gasteiger partial charge < -0.3 is 14.5 Å². The van der Waals surface area contributed by atoms with Gasteiger partial charge in [-0.2, -0.15) is 5.26 Å². The lowest BCUT2D eigenvalue weighted by molar-refractivity contribution is -0.134. The van der Waals surface area contributed by atoms with E-state index < -0.39 is 0 Å². The van der Waals surface area contributed by atoms with E-state index in [0.717, 1.165) is 28.8 Å². The van der Waals surface area contributed by atoms with E-state index in [1.54, 1.807) is 6.07 Å². The second-order valence-electron chi connectivity index (χ2n) is 8.23. The molecule has 0 radical (unpaired) electrons. The fourth-order valence-electron chi connectivity index (χ4n) is 4.40. The molecular weight excluding hydrogens is 430 g/mol. The zero-order valence-corrected chi connectivity index (χ0v) is 19.0. The van der Waals surface area contributed by atoms with Gasteiger partial charge >= 0.3 is 0 Å². The van der Waals surface area contributed by atoms with Crippen LogP contribution in [0.5, 0.6) is 0 Å². The number of aryl methyl sites for hydroxylation is 1. The molecule has 1 aliphatic rings. The fourth-order valence-corrected chi connectivity index (χ4v) is 5.32. The van der Waals surface area contributed by atoms with Crippen LogP contribution in [0.15, 0.2) is 78.0 Å². The van der Waals surface area contributed by atoms with Crippen molar-refractivity contribution in [2.75, 3.05) is 6.54 Å². The Labute approximate surface area is 197 Å². The van der Waals surface area contributed by atoms with Crippen molar-refractivity contribution in [3.05, 3.63) is 89.9 Å². The highest BCUT2D eigenvalue weighted by Crippen LogP contribution is 2.27. The van der Waals surface area contributed by atoms with Crippen LogP contribution in [-0.4, -0.2) is 32.9 Å². The number of rotatable bonds is 7. The molecule has 1 amide bonds. The summed E-state index contributed by atoms with van der Waals surface area (Å²) in [5.74, 6) is 0.101. The van der Waals surface area contributed by atoms with Gasteiger partial charge in [-0.05, 0) is 66.2 Å². The van der Waals surface area contributed by atoms with Gasteiger partial charge in [0, 0.05) is 47.8 Å². The number of aromatic nitrogens is 2. The zero-order chi connectivity index (χ0) is 22.6. The Kier molecular flexibility index (Phi) is 6.20. The van der Waals surface area contributed by atoms with Gasteiger partial charge in [0.1, 0.15) is 11.8 Å². The lowest BCUT2D eigenvalue weighted by atomic mass is 9.99. The van der Waals surface area contributed by atoms with E-state index in [4.69, 9.17) is 0 Å². The van der Waals surface area contributed by atoms with Gasteiger partial charge in [0.05, 0.1) is 6.04 Å². The molecule has 1 atom stereocenters. The monoisotopic (exact) mass is 455 g/mol. The third-order valence-electron chi connectivity index (χ3n) is 6.21. The summed E-state index contributed by atoms with van der Waals surface area (Å²) in [7, 11) is 0. The van der Waals surface area contributed by atoms with Gasteiger partial charge in [-0.15, -0.1) is 0 Å². The highest BCUT2D eigenvalue weighted by atomic mass is 32.2. The van der Waals surface area contributed by atoms with E-state index in [1.165, 1.54) is 23.1 Å². The third-order valence-corrected chi connectivity index (χ3v) is 7.19. The maximum absolute atomic E-state index is 13.6. The number of carbonyl (C=O) groups excluding carboxylic acids is 1. The Bertz CT molecular complexity index is 1320. The van der Waals surface area contributed by atoms with Crippen LogP contribution in [0, 0.1) is 11.3 Å². The zero-order valence-electron chi connectivity index (χ0n) is 18.2. The van der Waals surface area contributed by atoms with Crippen LogP contribution in [0.4, 0.5) is 0 Å². The summed E-state index contributed by atoms with van der Waals surface area (Å²) in [6.45, 7) is 1.95. The lowest BCUT2D eigenvalue weighted by Crippen LogP contribution is -2.46. The van der Waals surface area contributed by atoms with Gasteiger partial charge in [-0.25, -0.2) is 4.72 Å². The summed E-state index contributed by atoms with van der Waals surface area (Å²) >= 11 is 1.50.